The van der Waals surface area contributed by atoms with E-state index in [4.69, 9.17) is 0 Å². The lowest BCUT2D eigenvalue weighted by atomic mass is 9.74. The van der Waals surface area contributed by atoms with Crippen molar-refractivity contribution in [3.8, 4) is 0 Å². The first-order valence-electron chi connectivity index (χ1n) is 17.5. The fourth-order valence-electron chi connectivity index (χ4n) is 6.45. The molecule has 8 heteroatoms. The van der Waals surface area contributed by atoms with Crippen molar-refractivity contribution in [2.24, 2.45) is 22.2 Å². The number of aromatic nitrogens is 1. The summed E-state index contributed by atoms with van der Waals surface area (Å²) < 4.78 is 27.7. The van der Waals surface area contributed by atoms with Crippen molar-refractivity contribution in [2.45, 2.75) is 138 Å². The smallest absolute Gasteiger partial charge is 0.226 e. The number of nitrogens with zero attached hydrogens (tertiary/aromatic N) is 2. The Labute approximate surface area is 287 Å². The molecule has 1 saturated heterocycles. The summed E-state index contributed by atoms with van der Waals surface area (Å²) in [5.41, 5.74) is 1.00. The fourth-order valence-corrected chi connectivity index (χ4v) is 7.23. The Balaban J connectivity index is 0.000000242. The molecule has 1 aliphatic heterocycles. The zero-order chi connectivity index (χ0) is 35.0. The highest BCUT2D eigenvalue weighted by molar-refractivity contribution is 7.09. The number of hydrogen-bond donors (Lipinski definition) is 1. The molecular weight excluding hydrogens is 613 g/mol. The third-order valence-electron chi connectivity index (χ3n) is 9.69. The van der Waals surface area contributed by atoms with Crippen molar-refractivity contribution < 1.29 is 18.4 Å². The molecule has 1 aromatic heterocycles. The van der Waals surface area contributed by atoms with Gasteiger partial charge in [0.05, 0.1) is 6.04 Å². The Morgan fingerprint density at radius 3 is 2.19 bits per heavy atom. The van der Waals surface area contributed by atoms with Gasteiger partial charge >= 0.3 is 0 Å². The van der Waals surface area contributed by atoms with Gasteiger partial charge in [0, 0.05) is 41.6 Å². The third-order valence-corrected chi connectivity index (χ3v) is 10.6. The minimum absolute atomic E-state index is 0.0446. The number of rotatable bonds is 4. The van der Waals surface area contributed by atoms with Crippen molar-refractivity contribution in [2.75, 3.05) is 6.54 Å². The number of carbonyl (C=O) groups excluding carboxylic acids is 2. The topological polar surface area (TPSA) is 62.3 Å². The van der Waals surface area contributed by atoms with E-state index in [0.29, 0.717) is 22.4 Å². The normalized spacial score (nSPS) is 23.1. The molecule has 0 spiro atoms. The van der Waals surface area contributed by atoms with E-state index in [1.807, 2.05) is 37.1 Å². The van der Waals surface area contributed by atoms with Crippen LogP contribution in [0.4, 0.5) is 8.78 Å². The summed E-state index contributed by atoms with van der Waals surface area (Å²) >= 11 is 1.58. The largest absolute Gasteiger partial charge is 0.353 e. The predicted molar refractivity (Wildman–Crippen MR) is 190 cm³/mol. The number of nitrogens with one attached hydrogen (secondary N) is 1. The van der Waals surface area contributed by atoms with Gasteiger partial charge in [-0.05, 0) is 79.7 Å². The van der Waals surface area contributed by atoms with Gasteiger partial charge in [0.2, 0.25) is 11.8 Å². The molecule has 2 aliphatic carbocycles. The molecule has 0 bridgehead atoms. The van der Waals surface area contributed by atoms with Crippen LogP contribution in [0.1, 0.15) is 142 Å². The van der Waals surface area contributed by atoms with E-state index in [2.05, 4.69) is 51.5 Å². The van der Waals surface area contributed by atoms with Gasteiger partial charge < -0.3 is 10.2 Å². The molecule has 47 heavy (non-hydrogen) atoms. The van der Waals surface area contributed by atoms with Gasteiger partial charge in [-0.3, -0.25) is 9.59 Å². The predicted octanol–water partition coefficient (Wildman–Crippen LogP) is 10.4. The number of amides is 2. The quantitative estimate of drug-likeness (QED) is 0.329. The number of likely N-dealkylation sites (tertiary alicyclic amines) is 1. The second-order valence-electron chi connectivity index (χ2n) is 16.5. The number of allylic oxidation sites excluding steroid dienone is 1. The van der Waals surface area contributed by atoms with Gasteiger partial charge in [-0.25, -0.2) is 13.8 Å². The highest BCUT2D eigenvalue weighted by Gasteiger charge is 2.40. The number of hydrogen-bond acceptors (Lipinski definition) is 4. The Morgan fingerprint density at radius 2 is 1.64 bits per heavy atom. The summed E-state index contributed by atoms with van der Waals surface area (Å²) in [4.78, 5) is 31.5. The maximum absolute atomic E-state index is 14.4. The van der Waals surface area contributed by atoms with Crippen molar-refractivity contribution in [3.63, 3.8) is 0 Å². The first-order chi connectivity index (χ1) is 21.9. The van der Waals surface area contributed by atoms with Crippen LogP contribution in [0.5, 0.6) is 0 Å². The minimum Gasteiger partial charge on any atom is -0.353 e. The van der Waals surface area contributed by atoms with Crippen molar-refractivity contribution >= 4 is 23.2 Å². The fraction of sp³-hybridized carbons (Fsp3) is 0.667. The lowest BCUT2D eigenvalue weighted by Gasteiger charge is -2.35. The number of halogens is 2. The molecule has 2 heterocycles. The molecular formula is C39H59F2N3O2S. The SMILES string of the molecule is C=CC(C)(C)C.CC1(C)CCC(NC(=O)C(C)(C)C)CC1.O=C(C1CCCC[C@H]1c1ccc(F)cc1F)N1CCC[C@@H]1c1nccs1. The van der Waals surface area contributed by atoms with Crippen molar-refractivity contribution in [1.82, 2.24) is 15.2 Å². The first kappa shape index (κ1) is 38.8. The molecule has 3 atom stereocenters. The average Bonchev–Trinajstić information content (AvgIpc) is 3.70. The van der Waals surface area contributed by atoms with Gasteiger partial charge in [0.25, 0.3) is 0 Å². The van der Waals surface area contributed by atoms with Gasteiger partial charge in [-0.2, -0.15) is 0 Å². The highest BCUT2D eigenvalue weighted by atomic mass is 32.1. The van der Waals surface area contributed by atoms with Crippen LogP contribution in [0.3, 0.4) is 0 Å². The van der Waals surface area contributed by atoms with E-state index in [-0.39, 0.29) is 35.1 Å². The summed E-state index contributed by atoms with van der Waals surface area (Å²) in [5.74, 6) is -1.22. The second kappa shape index (κ2) is 16.7. The zero-order valence-corrected chi connectivity index (χ0v) is 31.0. The van der Waals surface area contributed by atoms with Crippen LogP contribution in [0.15, 0.2) is 42.4 Å². The Morgan fingerprint density at radius 1 is 1.00 bits per heavy atom. The molecule has 1 N–H and O–H groups in total. The van der Waals surface area contributed by atoms with E-state index < -0.39 is 11.6 Å². The first-order valence-corrected chi connectivity index (χ1v) is 18.4. The Kier molecular flexibility index (Phi) is 13.8. The maximum atomic E-state index is 14.4. The van der Waals surface area contributed by atoms with Gasteiger partial charge in [-0.15, -0.1) is 17.9 Å². The molecule has 5 rings (SSSR count). The molecule has 0 radical (unpaired) electrons. The summed E-state index contributed by atoms with van der Waals surface area (Å²) in [6, 6.07) is 4.19. The van der Waals surface area contributed by atoms with Crippen LogP contribution in [0.25, 0.3) is 0 Å². The third kappa shape index (κ3) is 11.8. The van der Waals surface area contributed by atoms with Crippen LogP contribution in [0, 0.1) is 33.8 Å². The molecule has 262 valence electrons. The Hall–Kier alpha value is -2.61. The van der Waals surface area contributed by atoms with E-state index >= 15 is 0 Å². The number of benzene rings is 1. The van der Waals surface area contributed by atoms with E-state index in [1.54, 1.807) is 17.5 Å². The monoisotopic (exact) mass is 671 g/mol. The van der Waals surface area contributed by atoms with E-state index in [0.717, 1.165) is 69.0 Å². The van der Waals surface area contributed by atoms with Crippen LogP contribution >= 0.6 is 11.3 Å². The molecule has 3 fully saturated rings. The molecule has 1 unspecified atom stereocenters. The van der Waals surface area contributed by atoms with Crippen molar-refractivity contribution in [1.29, 1.82) is 0 Å². The van der Waals surface area contributed by atoms with Crippen LogP contribution in [-0.4, -0.2) is 34.3 Å². The molecule has 2 saturated carbocycles. The van der Waals surface area contributed by atoms with Crippen molar-refractivity contribution in [3.05, 3.63) is 64.6 Å². The summed E-state index contributed by atoms with van der Waals surface area (Å²) in [7, 11) is 0. The van der Waals surface area contributed by atoms with Gasteiger partial charge in [0.15, 0.2) is 0 Å². The molecule has 5 nitrogen and oxygen atoms in total. The molecule has 1 aromatic carbocycles. The van der Waals surface area contributed by atoms with Crippen LogP contribution in [0.2, 0.25) is 0 Å². The average molecular weight is 672 g/mol. The van der Waals surface area contributed by atoms with Gasteiger partial charge in [-0.1, -0.05) is 80.4 Å². The van der Waals surface area contributed by atoms with Gasteiger partial charge in [0.1, 0.15) is 16.6 Å². The standard InChI is InChI=1S/C20H22F2N2OS.C13H25NO.C6H12/c21-13-7-8-15(17(22)12-13)14-4-1-2-5-16(14)20(25)24-10-3-6-18(24)19-23-9-11-26-19;1-12(2,3)11(15)14-10-6-8-13(4,5)9-7-10;1-5-6(2,3)4/h7-9,11-12,14,16,18H,1-6,10H2;10H,6-9H2,1-5H3,(H,14,15);5H,1H2,2-4H3/t14-,16?,18+;;/m0../s1. The van der Waals surface area contributed by atoms with Crippen LogP contribution < -0.4 is 5.32 Å². The number of carbonyl (C=O) groups is 2. The summed E-state index contributed by atoms with van der Waals surface area (Å²) in [5, 5.41) is 6.08. The lowest BCUT2D eigenvalue weighted by Crippen LogP contribution is -2.44. The van der Waals surface area contributed by atoms with E-state index in [9.17, 15) is 18.4 Å². The lowest BCUT2D eigenvalue weighted by molar-refractivity contribution is -0.138. The highest BCUT2D eigenvalue weighted by Crippen LogP contribution is 2.43. The Bertz CT molecular complexity index is 1300. The minimum atomic E-state index is -0.576. The summed E-state index contributed by atoms with van der Waals surface area (Å²) in [6.07, 6.45) is 13.8. The van der Waals surface area contributed by atoms with Crippen LogP contribution in [-0.2, 0) is 9.59 Å². The van der Waals surface area contributed by atoms with E-state index in [1.165, 1.54) is 25.0 Å². The molecule has 2 aromatic rings. The number of thiazole rings is 1. The molecule has 3 aliphatic rings. The maximum Gasteiger partial charge on any atom is 0.226 e. The second-order valence-corrected chi connectivity index (χ2v) is 17.4. The zero-order valence-electron chi connectivity index (χ0n) is 30.1. The molecule has 2 amide bonds. The summed E-state index contributed by atoms with van der Waals surface area (Å²) in [6.45, 7) is 21.3.